The van der Waals surface area contributed by atoms with Gasteiger partial charge in [0.05, 0.1) is 13.2 Å². The summed E-state index contributed by atoms with van der Waals surface area (Å²) in [6, 6.07) is 7.72. The Balaban J connectivity index is 1.99. The summed E-state index contributed by atoms with van der Waals surface area (Å²) in [6.45, 7) is 0. The lowest BCUT2D eigenvalue weighted by molar-refractivity contribution is 0.118. The fraction of sp³-hybridized carbons (Fsp3) is 0.538. The number of methoxy groups -OCH3 is 1. The Labute approximate surface area is 90.9 Å². The van der Waals surface area contributed by atoms with E-state index in [1.807, 2.05) is 24.3 Å². The van der Waals surface area contributed by atoms with Gasteiger partial charge < -0.3 is 9.84 Å². The summed E-state index contributed by atoms with van der Waals surface area (Å²) < 4.78 is 5.14. The number of benzene rings is 1. The average molecular weight is 206 g/mol. The van der Waals surface area contributed by atoms with Gasteiger partial charge in [-0.1, -0.05) is 31.4 Å². The molecule has 1 atom stereocenters. The highest BCUT2D eigenvalue weighted by molar-refractivity contribution is 5.29. The molecule has 2 rings (SSSR count). The Bertz CT molecular complexity index is 318. The van der Waals surface area contributed by atoms with E-state index in [9.17, 15) is 5.11 Å². The van der Waals surface area contributed by atoms with Crippen LogP contribution in [0.1, 0.15) is 37.4 Å². The first-order chi connectivity index (χ1) is 7.29. The van der Waals surface area contributed by atoms with E-state index in [2.05, 4.69) is 0 Å². The molecule has 2 nitrogen and oxygen atoms in total. The molecule has 1 N–H and O–H groups in total. The van der Waals surface area contributed by atoms with Crippen LogP contribution in [-0.4, -0.2) is 12.2 Å². The van der Waals surface area contributed by atoms with Gasteiger partial charge in [-0.15, -0.1) is 0 Å². The van der Waals surface area contributed by atoms with Gasteiger partial charge in [0, 0.05) is 0 Å². The first kappa shape index (κ1) is 10.5. The van der Waals surface area contributed by atoms with Gasteiger partial charge in [0.2, 0.25) is 0 Å². The minimum atomic E-state index is -0.328. The molecule has 1 aromatic rings. The first-order valence-corrected chi connectivity index (χ1v) is 5.61. The largest absolute Gasteiger partial charge is 0.497 e. The van der Waals surface area contributed by atoms with Crippen LogP contribution in [0.2, 0.25) is 0 Å². The molecule has 2 heteroatoms. The van der Waals surface area contributed by atoms with E-state index in [4.69, 9.17) is 4.74 Å². The predicted molar refractivity (Wildman–Crippen MR) is 59.9 cm³/mol. The van der Waals surface area contributed by atoms with Gasteiger partial charge in [-0.2, -0.15) is 0 Å². The molecule has 1 aromatic carbocycles. The van der Waals surface area contributed by atoms with Crippen LogP contribution in [0.25, 0.3) is 0 Å². The van der Waals surface area contributed by atoms with Gasteiger partial charge in [0.25, 0.3) is 0 Å². The van der Waals surface area contributed by atoms with Crippen molar-refractivity contribution in [3.63, 3.8) is 0 Å². The Kier molecular flexibility index (Phi) is 3.27. The second-order valence-electron chi connectivity index (χ2n) is 4.33. The molecule has 1 aliphatic carbocycles. The van der Waals surface area contributed by atoms with Crippen LogP contribution >= 0.6 is 0 Å². The molecule has 0 spiro atoms. The molecule has 0 heterocycles. The van der Waals surface area contributed by atoms with Crippen LogP contribution in [-0.2, 0) is 0 Å². The van der Waals surface area contributed by atoms with Gasteiger partial charge >= 0.3 is 0 Å². The summed E-state index contributed by atoms with van der Waals surface area (Å²) in [5.41, 5.74) is 0.973. The maximum absolute atomic E-state index is 10.0. The Morgan fingerprint density at radius 3 is 2.87 bits per heavy atom. The van der Waals surface area contributed by atoms with Crippen molar-refractivity contribution in [3.8, 4) is 5.75 Å². The number of hydrogen-bond donors (Lipinski definition) is 1. The number of hydrogen-bond acceptors (Lipinski definition) is 2. The van der Waals surface area contributed by atoms with Crippen molar-refractivity contribution in [2.45, 2.75) is 31.8 Å². The van der Waals surface area contributed by atoms with Crippen molar-refractivity contribution in [1.29, 1.82) is 0 Å². The summed E-state index contributed by atoms with van der Waals surface area (Å²) in [4.78, 5) is 0. The highest BCUT2D eigenvalue weighted by Gasteiger charge is 2.21. The molecular weight excluding hydrogens is 188 g/mol. The third kappa shape index (κ3) is 2.51. The zero-order valence-corrected chi connectivity index (χ0v) is 9.15. The molecule has 82 valence electrons. The van der Waals surface area contributed by atoms with Crippen LogP contribution < -0.4 is 4.74 Å². The molecule has 1 aliphatic rings. The van der Waals surface area contributed by atoms with Crippen molar-refractivity contribution < 1.29 is 9.84 Å². The lowest BCUT2D eigenvalue weighted by Gasteiger charge is -2.27. The average Bonchev–Trinajstić information content (AvgIpc) is 2.23. The number of aliphatic hydroxyl groups excluding tert-OH is 1. The molecule has 0 amide bonds. The van der Waals surface area contributed by atoms with Gasteiger partial charge in [-0.3, -0.25) is 0 Å². The van der Waals surface area contributed by atoms with Gasteiger partial charge in [-0.25, -0.2) is 0 Å². The standard InChI is InChI=1S/C13H18O2/c1-15-12-7-3-6-11(9-12)13(14)8-10-4-2-5-10/h3,6-7,9-10,13-14H,2,4-5,8H2,1H3. The van der Waals surface area contributed by atoms with Crippen LogP contribution in [0.5, 0.6) is 5.75 Å². The normalized spacial score (nSPS) is 18.3. The van der Waals surface area contributed by atoms with E-state index in [0.29, 0.717) is 0 Å². The van der Waals surface area contributed by atoms with Crippen molar-refractivity contribution in [2.24, 2.45) is 5.92 Å². The maximum Gasteiger partial charge on any atom is 0.119 e. The third-order valence-corrected chi connectivity index (χ3v) is 3.26. The molecule has 15 heavy (non-hydrogen) atoms. The highest BCUT2D eigenvalue weighted by Crippen LogP contribution is 2.35. The Morgan fingerprint density at radius 1 is 1.47 bits per heavy atom. The number of ether oxygens (including phenoxy) is 1. The Morgan fingerprint density at radius 2 is 2.27 bits per heavy atom. The van der Waals surface area contributed by atoms with Crippen LogP contribution in [0, 0.1) is 5.92 Å². The van der Waals surface area contributed by atoms with Crippen LogP contribution in [0.15, 0.2) is 24.3 Å². The number of aliphatic hydroxyl groups is 1. The van der Waals surface area contributed by atoms with Crippen molar-refractivity contribution in [2.75, 3.05) is 7.11 Å². The molecule has 1 fully saturated rings. The lowest BCUT2D eigenvalue weighted by Crippen LogP contribution is -2.14. The lowest BCUT2D eigenvalue weighted by atomic mass is 9.80. The second kappa shape index (κ2) is 4.67. The van der Waals surface area contributed by atoms with Crippen molar-refractivity contribution in [1.82, 2.24) is 0 Å². The predicted octanol–water partition coefficient (Wildman–Crippen LogP) is 2.92. The smallest absolute Gasteiger partial charge is 0.119 e. The summed E-state index contributed by atoms with van der Waals surface area (Å²) in [5, 5.41) is 10.0. The van der Waals surface area contributed by atoms with E-state index >= 15 is 0 Å². The van der Waals surface area contributed by atoms with Crippen LogP contribution in [0.3, 0.4) is 0 Å². The molecule has 0 bridgehead atoms. The molecular formula is C13H18O2. The minimum absolute atomic E-state index is 0.328. The molecule has 0 radical (unpaired) electrons. The highest BCUT2D eigenvalue weighted by atomic mass is 16.5. The first-order valence-electron chi connectivity index (χ1n) is 5.61. The second-order valence-corrected chi connectivity index (χ2v) is 4.33. The summed E-state index contributed by atoms with van der Waals surface area (Å²) >= 11 is 0. The summed E-state index contributed by atoms with van der Waals surface area (Å²) in [6.07, 6.45) is 4.45. The fourth-order valence-corrected chi connectivity index (χ4v) is 2.03. The monoisotopic (exact) mass is 206 g/mol. The van der Waals surface area contributed by atoms with Gasteiger partial charge in [-0.05, 0) is 30.0 Å². The molecule has 1 unspecified atom stereocenters. The van der Waals surface area contributed by atoms with Crippen LogP contribution in [0.4, 0.5) is 0 Å². The van der Waals surface area contributed by atoms with E-state index in [1.165, 1.54) is 19.3 Å². The number of rotatable bonds is 4. The molecule has 0 aromatic heterocycles. The van der Waals surface area contributed by atoms with E-state index < -0.39 is 0 Å². The quantitative estimate of drug-likeness (QED) is 0.820. The van der Waals surface area contributed by atoms with Crippen molar-refractivity contribution in [3.05, 3.63) is 29.8 Å². The molecule has 0 saturated heterocycles. The van der Waals surface area contributed by atoms with Gasteiger partial charge in [0.1, 0.15) is 5.75 Å². The maximum atomic E-state index is 10.0. The zero-order chi connectivity index (χ0) is 10.7. The van der Waals surface area contributed by atoms with E-state index in [0.717, 1.165) is 23.7 Å². The van der Waals surface area contributed by atoms with E-state index in [1.54, 1.807) is 7.11 Å². The summed E-state index contributed by atoms with van der Waals surface area (Å²) in [5.74, 6) is 1.55. The Hall–Kier alpha value is -1.02. The minimum Gasteiger partial charge on any atom is -0.497 e. The summed E-state index contributed by atoms with van der Waals surface area (Å²) in [7, 11) is 1.65. The van der Waals surface area contributed by atoms with E-state index in [-0.39, 0.29) is 6.10 Å². The zero-order valence-electron chi connectivity index (χ0n) is 9.15. The topological polar surface area (TPSA) is 29.5 Å². The van der Waals surface area contributed by atoms with Crippen molar-refractivity contribution >= 4 is 0 Å². The third-order valence-electron chi connectivity index (χ3n) is 3.26. The fourth-order valence-electron chi connectivity index (χ4n) is 2.03. The SMILES string of the molecule is COc1cccc(C(O)CC2CCC2)c1. The molecule has 1 saturated carbocycles. The van der Waals surface area contributed by atoms with Gasteiger partial charge in [0.15, 0.2) is 0 Å². The molecule has 0 aliphatic heterocycles.